The van der Waals surface area contributed by atoms with Crippen LogP contribution in [0.4, 0.5) is 5.95 Å². The van der Waals surface area contributed by atoms with Crippen LogP contribution in [0.2, 0.25) is 5.02 Å². The standard InChI is InChI=1S/C15H19ClN6O/c1-10-12(16)13(21(2)20-10)14(23)19-11-5-3-8-22(9-11)15-17-6-4-7-18-15/h4,6-7,11H,3,5,8-9H2,1-2H3,(H,19,23)/t11-/m0/s1. The molecular formula is C15H19ClN6O. The number of amides is 1. The summed E-state index contributed by atoms with van der Waals surface area (Å²) < 4.78 is 1.52. The van der Waals surface area contributed by atoms with Gasteiger partial charge in [0.05, 0.1) is 10.7 Å². The van der Waals surface area contributed by atoms with Crippen molar-refractivity contribution in [2.75, 3.05) is 18.0 Å². The van der Waals surface area contributed by atoms with E-state index in [4.69, 9.17) is 11.6 Å². The fraction of sp³-hybridized carbons (Fsp3) is 0.467. The molecule has 1 aliphatic rings. The first-order valence-corrected chi connectivity index (χ1v) is 7.96. The Morgan fingerprint density at radius 3 is 2.78 bits per heavy atom. The third-order valence-electron chi connectivity index (χ3n) is 3.96. The number of hydrogen-bond acceptors (Lipinski definition) is 5. The fourth-order valence-corrected chi connectivity index (χ4v) is 3.11. The summed E-state index contributed by atoms with van der Waals surface area (Å²) in [7, 11) is 1.72. The summed E-state index contributed by atoms with van der Waals surface area (Å²) in [6.45, 7) is 3.36. The van der Waals surface area contributed by atoms with Crippen LogP contribution in [-0.4, -0.2) is 44.8 Å². The van der Waals surface area contributed by atoms with Crippen LogP contribution in [0.5, 0.6) is 0 Å². The number of anilines is 1. The van der Waals surface area contributed by atoms with E-state index in [9.17, 15) is 4.79 Å². The maximum absolute atomic E-state index is 12.5. The second-order valence-electron chi connectivity index (χ2n) is 5.68. The van der Waals surface area contributed by atoms with Crippen LogP contribution in [0.1, 0.15) is 29.0 Å². The van der Waals surface area contributed by atoms with Crippen LogP contribution < -0.4 is 10.2 Å². The van der Waals surface area contributed by atoms with Crippen molar-refractivity contribution >= 4 is 23.5 Å². The molecule has 2 aromatic rings. The molecule has 0 unspecified atom stereocenters. The number of nitrogens with zero attached hydrogens (tertiary/aromatic N) is 5. The van der Waals surface area contributed by atoms with Gasteiger partial charge in [0, 0.05) is 38.6 Å². The van der Waals surface area contributed by atoms with Crippen molar-refractivity contribution in [3.63, 3.8) is 0 Å². The smallest absolute Gasteiger partial charge is 0.271 e. The molecule has 0 radical (unpaired) electrons. The van der Waals surface area contributed by atoms with Crippen LogP contribution in [-0.2, 0) is 7.05 Å². The van der Waals surface area contributed by atoms with Gasteiger partial charge >= 0.3 is 0 Å². The largest absolute Gasteiger partial charge is 0.346 e. The minimum absolute atomic E-state index is 0.0336. The molecule has 1 amide bonds. The molecule has 1 fully saturated rings. The number of nitrogens with one attached hydrogen (secondary N) is 1. The molecule has 8 heteroatoms. The van der Waals surface area contributed by atoms with Crippen molar-refractivity contribution < 1.29 is 4.79 Å². The lowest BCUT2D eigenvalue weighted by molar-refractivity contribution is 0.0923. The maximum atomic E-state index is 12.5. The summed E-state index contributed by atoms with van der Waals surface area (Å²) in [6.07, 6.45) is 5.34. The Kier molecular flexibility index (Phi) is 4.47. The van der Waals surface area contributed by atoms with Crippen molar-refractivity contribution in [2.24, 2.45) is 7.05 Å². The van der Waals surface area contributed by atoms with Gasteiger partial charge in [0.25, 0.3) is 5.91 Å². The Labute approximate surface area is 139 Å². The molecule has 122 valence electrons. The number of carbonyl (C=O) groups excluding carboxylic acids is 1. The Hall–Kier alpha value is -2.15. The first kappa shape index (κ1) is 15.7. The molecular weight excluding hydrogens is 316 g/mol. The maximum Gasteiger partial charge on any atom is 0.271 e. The molecule has 1 N–H and O–H groups in total. The van der Waals surface area contributed by atoms with Crippen molar-refractivity contribution in [1.82, 2.24) is 25.1 Å². The molecule has 0 spiro atoms. The topological polar surface area (TPSA) is 75.9 Å². The zero-order chi connectivity index (χ0) is 16.4. The van der Waals surface area contributed by atoms with E-state index < -0.39 is 0 Å². The minimum Gasteiger partial charge on any atom is -0.346 e. The summed E-state index contributed by atoms with van der Waals surface area (Å²) in [5.74, 6) is 0.500. The average molecular weight is 335 g/mol. The minimum atomic E-state index is -0.195. The van der Waals surface area contributed by atoms with Crippen LogP contribution in [0.25, 0.3) is 0 Å². The summed E-state index contributed by atoms with van der Waals surface area (Å²) >= 11 is 6.18. The number of carbonyl (C=O) groups is 1. The van der Waals surface area contributed by atoms with E-state index in [-0.39, 0.29) is 11.9 Å². The van der Waals surface area contributed by atoms with Gasteiger partial charge in [0.2, 0.25) is 5.95 Å². The highest BCUT2D eigenvalue weighted by Gasteiger charge is 2.26. The SMILES string of the molecule is Cc1nn(C)c(C(=O)N[C@H]2CCCN(c3ncccn3)C2)c1Cl. The van der Waals surface area contributed by atoms with Crippen LogP contribution in [0.3, 0.4) is 0 Å². The van der Waals surface area contributed by atoms with E-state index in [1.807, 2.05) is 0 Å². The molecule has 23 heavy (non-hydrogen) atoms. The van der Waals surface area contributed by atoms with Gasteiger partial charge in [-0.25, -0.2) is 9.97 Å². The number of hydrogen-bond donors (Lipinski definition) is 1. The van der Waals surface area contributed by atoms with Gasteiger partial charge in [-0.05, 0) is 25.8 Å². The van der Waals surface area contributed by atoms with Crippen LogP contribution in [0.15, 0.2) is 18.5 Å². The van der Waals surface area contributed by atoms with E-state index in [2.05, 4.69) is 25.3 Å². The monoisotopic (exact) mass is 334 g/mol. The van der Waals surface area contributed by atoms with Gasteiger partial charge in [0.1, 0.15) is 5.69 Å². The van der Waals surface area contributed by atoms with Gasteiger partial charge < -0.3 is 10.2 Å². The Morgan fingerprint density at radius 1 is 1.39 bits per heavy atom. The van der Waals surface area contributed by atoms with Crippen LogP contribution >= 0.6 is 11.6 Å². The van der Waals surface area contributed by atoms with Crippen molar-refractivity contribution in [2.45, 2.75) is 25.8 Å². The van der Waals surface area contributed by atoms with Crippen molar-refractivity contribution in [3.8, 4) is 0 Å². The van der Waals surface area contributed by atoms with Gasteiger partial charge in [0.15, 0.2) is 0 Å². The summed E-state index contributed by atoms with van der Waals surface area (Å²) in [5, 5.41) is 7.64. The van der Waals surface area contributed by atoms with Gasteiger partial charge in [-0.15, -0.1) is 0 Å². The van der Waals surface area contributed by atoms with E-state index in [1.54, 1.807) is 32.4 Å². The molecule has 3 heterocycles. The Morgan fingerprint density at radius 2 is 2.13 bits per heavy atom. The normalized spacial score (nSPS) is 18.0. The Bertz CT molecular complexity index is 701. The molecule has 0 saturated carbocycles. The molecule has 1 aliphatic heterocycles. The first-order valence-electron chi connectivity index (χ1n) is 7.58. The van der Waals surface area contributed by atoms with Crippen molar-refractivity contribution in [1.29, 1.82) is 0 Å². The van der Waals surface area contributed by atoms with Gasteiger partial charge in [-0.2, -0.15) is 5.10 Å². The summed E-state index contributed by atoms with van der Waals surface area (Å²) in [5.41, 5.74) is 1.06. The Balaban J connectivity index is 1.69. The number of piperidine rings is 1. The van der Waals surface area contributed by atoms with Gasteiger partial charge in [-0.1, -0.05) is 11.6 Å². The van der Waals surface area contributed by atoms with E-state index in [0.717, 1.165) is 19.4 Å². The number of halogens is 1. The highest BCUT2D eigenvalue weighted by molar-refractivity contribution is 6.34. The summed E-state index contributed by atoms with van der Waals surface area (Å²) in [6, 6.07) is 1.82. The third-order valence-corrected chi connectivity index (χ3v) is 4.41. The fourth-order valence-electron chi connectivity index (χ4n) is 2.86. The van der Waals surface area contributed by atoms with Crippen LogP contribution in [0, 0.1) is 6.92 Å². The second-order valence-corrected chi connectivity index (χ2v) is 6.06. The predicted octanol–water partition coefficient (Wildman–Crippen LogP) is 1.57. The molecule has 0 aliphatic carbocycles. The molecule has 2 aromatic heterocycles. The molecule has 0 bridgehead atoms. The predicted molar refractivity (Wildman–Crippen MR) is 87.7 cm³/mol. The zero-order valence-electron chi connectivity index (χ0n) is 13.2. The highest BCUT2D eigenvalue weighted by atomic mass is 35.5. The molecule has 0 aromatic carbocycles. The van der Waals surface area contributed by atoms with E-state index >= 15 is 0 Å². The average Bonchev–Trinajstić information content (AvgIpc) is 2.81. The van der Waals surface area contributed by atoms with E-state index in [1.165, 1.54) is 4.68 Å². The number of aryl methyl sites for hydroxylation is 2. The van der Waals surface area contributed by atoms with Gasteiger partial charge in [-0.3, -0.25) is 9.48 Å². The summed E-state index contributed by atoms with van der Waals surface area (Å²) in [4.78, 5) is 23.1. The number of rotatable bonds is 3. The first-order chi connectivity index (χ1) is 11.1. The quantitative estimate of drug-likeness (QED) is 0.922. The van der Waals surface area contributed by atoms with E-state index in [0.29, 0.717) is 28.9 Å². The molecule has 7 nitrogen and oxygen atoms in total. The second kappa shape index (κ2) is 6.54. The highest BCUT2D eigenvalue weighted by Crippen LogP contribution is 2.20. The third kappa shape index (κ3) is 3.29. The lowest BCUT2D eigenvalue weighted by atomic mass is 10.1. The molecule has 3 rings (SSSR count). The van der Waals surface area contributed by atoms with Crippen molar-refractivity contribution in [3.05, 3.63) is 34.9 Å². The lowest BCUT2D eigenvalue weighted by Crippen LogP contribution is -2.48. The molecule has 1 atom stereocenters. The number of aromatic nitrogens is 4. The zero-order valence-corrected chi connectivity index (χ0v) is 13.9. The lowest BCUT2D eigenvalue weighted by Gasteiger charge is -2.33. The molecule has 1 saturated heterocycles.